The van der Waals surface area contributed by atoms with Crippen LogP contribution in [0.15, 0.2) is 71.3 Å². The zero-order valence-corrected chi connectivity index (χ0v) is 24.6. The van der Waals surface area contributed by atoms with Crippen molar-refractivity contribution in [2.45, 2.75) is 63.8 Å². The Morgan fingerprint density at radius 1 is 1.05 bits per heavy atom. The number of imidazole rings is 1. The molecule has 206 valence electrons. The van der Waals surface area contributed by atoms with Crippen molar-refractivity contribution in [1.82, 2.24) is 24.6 Å². The van der Waals surface area contributed by atoms with Gasteiger partial charge in [-0.2, -0.15) is 0 Å². The van der Waals surface area contributed by atoms with E-state index in [4.69, 9.17) is 0 Å². The first-order valence-corrected chi connectivity index (χ1v) is 15.2. The third-order valence-corrected chi connectivity index (χ3v) is 9.01. The van der Waals surface area contributed by atoms with Crippen molar-refractivity contribution in [2.75, 3.05) is 0 Å². The first-order valence-electron chi connectivity index (χ1n) is 12.9. The van der Waals surface area contributed by atoms with Crippen LogP contribution in [-0.4, -0.2) is 29.0 Å². The van der Waals surface area contributed by atoms with E-state index in [0.29, 0.717) is 23.7 Å². The lowest BCUT2D eigenvalue weighted by Crippen LogP contribution is -2.39. The highest BCUT2D eigenvalue weighted by Crippen LogP contribution is 2.36. The Hall–Kier alpha value is -3.50. The molecule has 0 saturated carbocycles. The number of hydrogen-bond acceptors (Lipinski definition) is 6. The Labute approximate surface area is 234 Å². The molecule has 0 aliphatic carbocycles. The quantitative estimate of drug-likeness (QED) is 0.269. The van der Waals surface area contributed by atoms with Gasteiger partial charge in [-0.15, -0.1) is 11.3 Å². The Kier molecular flexibility index (Phi) is 8.56. The van der Waals surface area contributed by atoms with Crippen molar-refractivity contribution < 1.29 is 13.2 Å². The smallest absolute Gasteiger partial charge is 0.329 e. The third-order valence-electron chi connectivity index (χ3n) is 5.99. The van der Waals surface area contributed by atoms with Gasteiger partial charge in [0.25, 0.3) is 10.0 Å². The molecule has 2 N–H and O–H groups in total. The second-order valence-electron chi connectivity index (χ2n) is 10.9. The number of urea groups is 1. The summed E-state index contributed by atoms with van der Waals surface area (Å²) in [5.41, 5.74) is 3.00. The van der Waals surface area contributed by atoms with E-state index in [1.807, 2.05) is 42.7 Å². The van der Waals surface area contributed by atoms with Gasteiger partial charge >= 0.3 is 6.03 Å². The van der Waals surface area contributed by atoms with E-state index in [-0.39, 0.29) is 16.2 Å². The first-order chi connectivity index (χ1) is 18.4. The van der Waals surface area contributed by atoms with Crippen molar-refractivity contribution in [1.29, 1.82) is 0 Å². The zero-order chi connectivity index (χ0) is 28.2. The number of sulfonamides is 1. The van der Waals surface area contributed by atoms with Gasteiger partial charge in [-0.1, -0.05) is 65.0 Å². The van der Waals surface area contributed by atoms with E-state index >= 15 is 0 Å². The minimum atomic E-state index is -4.11. The zero-order valence-electron chi connectivity index (χ0n) is 22.9. The van der Waals surface area contributed by atoms with Crippen molar-refractivity contribution in [3.8, 4) is 11.1 Å². The minimum absolute atomic E-state index is 0.0763. The van der Waals surface area contributed by atoms with Crippen LogP contribution in [0.25, 0.3) is 11.1 Å². The third kappa shape index (κ3) is 7.33. The normalized spacial score (nSPS) is 12.1. The Morgan fingerprint density at radius 3 is 2.44 bits per heavy atom. The van der Waals surface area contributed by atoms with Crippen LogP contribution in [0.5, 0.6) is 0 Å². The van der Waals surface area contributed by atoms with Gasteiger partial charge in [-0.05, 0) is 41.7 Å². The van der Waals surface area contributed by atoms with Crippen molar-refractivity contribution in [3.63, 3.8) is 0 Å². The molecular formula is C29H35N5O3S2. The highest BCUT2D eigenvalue weighted by Gasteiger charge is 2.26. The van der Waals surface area contributed by atoms with E-state index in [9.17, 15) is 13.2 Å². The molecular weight excluding hydrogens is 530 g/mol. The summed E-state index contributed by atoms with van der Waals surface area (Å²) in [6.07, 6.45) is 6.14. The SMILES string of the molecule is CC(C)Cc1cc(-c2ccc(Cn3ccnc3C(C)(C)C)cc2)c(S(=O)(=O)NC(=O)NCc2ccccn2)s1. The van der Waals surface area contributed by atoms with Crippen molar-refractivity contribution in [2.24, 2.45) is 5.92 Å². The van der Waals surface area contributed by atoms with Crippen LogP contribution in [0.4, 0.5) is 4.79 Å². The number of hydrogen-bond donors (Lipinski definition) is 2. The molecule has 0 aliphatic rings. The summed E-state index contributed by atoms with van der Waals surface area (Å²) in [5, 5.41) is 2.57. The number of nitrogens with one attached hydrogen (secondary N) is 2. The maximum absolute atomic E-state index is 13.4. The molecule has 0 radical (unpaired) electrons. The van der Waals surface area contributed by atoms with E-state index in [2.05, 4.69) is 59.2 Å². The van der Waals surface area contributed by atoms with E-state index < -0.39 is 16.1 Å². The molecule has 0 fully saturated rings. The molecule has 0 saturated heterocycles. The van der Waals surface area contributed by atoms with Gasteiger partial charge < -0.3 is 9.88 Å². The number of aromatic nitrogens is 3. The van der Waals surface area contributed by atoms with Crippen molar-refractivity contribution >= 4 is 27.4 Å². The number of carbonyl (C=O) groups excluding carboxylic acids is 1. The molecule has 3 heterocycles. The molecule has 0 unspecified atom stereocenters. The molecule has 0 spiro atoms. The number of benzene rings is 1. The van der Waals surface area contributed by atoms with Crippen LogP contribution in [0.3, 0.4) is 0 Å². The van der Waals surface area contributed by atoms with Crippen LogP contribution in [0.2, 0.25) is 0 Å². The molecule has 10 heteroatoms. The maximum atomic E-state index is 13.4. The molecule has 1 aromatic carbocycles. The summed E-state index contributed by atoms with van der Waals surface area (Å²) in [7, 11) is -4.11. The summed E-state index contributed by atoms with van der Waals surface area (Å²) in [4.78, 5) is 22.1. The van der Waals surface area contributed by atoms with Gasteiger partial charge in [0.1, 0.15) is 10.0 Å². The number of thiophene rings is 1. The molecule has 4 aromatic rings. The average molecular weight is 566 g/mol. The number of pyridine rings is 1. The highest BCUT2D eigenvalue weighted by atomic mass is 32.2. The fraction of sp³-hybridized carbons (Fsp3) is 0.345. The van der Waals surface area contributed by atoms with Crippen molar-refractivity contribution in [3.05, 3.63) is 89.1 Å². The van der Waals surface area contributed by atoms with Gasteiger partial charge in [0.2, 0.25) is 0 Å². The molecule has 0 aliphatic heterocycles. The molecule has 3 aromatic heterocycles. The second-order valence-corrected chi connectivity index (χ2v) is 14.0. The molecule has 4 rings (SSSR count). The van der Waals surface area contributed by atoms with Gasteiger partial charge in [0, 0.05) is 41.0 Å². The monoisotopic (exact) mass is 565 g/mol. The maximum Gasteiger partial charge on any atom is 0.329 e. The summed E-state index contributed by atoms with van der Waals surface area (Å²) in [6.45, 7) is 11.4. The van der Waals surface area contributed by atoms with Crippen LogP contribution in [0, 0.1) is 5.92 Å². The summed E-state index contributed by atoms with van der Waals surface area (Å²) >= 11 is 1.20. The largest absolute Gasteiger partial charge is 0.332 e. The first kappa shape index (κ1) is 28.5. The van der Waals surface area contributed by atoms with E-state index in [1.165, 1.54) is 11.3 Å². The Balaban J connectivity index is 1.57. The minimum Gasteiger partial charge on any atom is -0.332 e. The predicted octanol–water partition coefficient (Wildman–Crippen LogP) is 5.74. The van der Waals surface area contributed by atoms with Crippen LogP contribution >= 0.6 is 11.3 Å². The van der Waals surface area contributed by atoms with Gasteiger partial charge in [-0.25, -0.2) is 22.9 Å². The summed E-state index contributed by atoms with van der Waals surface area (Å²) in [6, 6.07) is 14.3. The number of amides is 2. The standard InChI is InChI=1S/C29H35N5O3S2/c1-20(2)16-24-17-25(22-11-9-21(10-12-22)19-34-15-14-31-27(34)29(3,4)5)26(38-24)39(36,37)33-28(35)32-18-23-8-6-7-13-30-23/h6-15,17,20H,16,18-19H2,1-5H3,(H2,32,33,35). The molecule has 0 bridgehead atoms. The molecule has 0 atom stereocenters. The number of rotatable bonds is 9. The van der Waals surface area contributed by atoms with Crippen LogP contribution in [0.1, 0.15) is 56.6 Å². The second kappa shape index (κ2) is 11.7. The lowest BCUT2D eigenvalue weighted by atomic mass is 9.95. The van der Waals surface area contributed by atoms with E-state index in [0.717, 1.165) is 28.2 Å². The number of nitrogens with zero attached hydrogens (tertiary/aromatic N) is 3. The fourth-order valence-corrected chi connectivity index (χ4v) is 7.15. The molecule has 2 amide bonds. The van der Waals surface area contributed by atoms with Crippen LogP contribution < -0.4 is 10.0 Å². The molecule has 39 heavy (non-hydrogen) atoms. The van der Waals surface area contributed by atoms with Gasteiger partial charge in [0.05, 0.1) is 12.2 Å². The Bertz CT molecular complexity index is 1520. The topological polar surface area (TPSA) is 106 Å². The fourth-order valence-electron chi connectivity index (χ4n) is 4.27. The number of carbonyl (C=O) groups is 1. The predicted molar refractivity (Wildman–Crippen MR) is 155 cm³/mol. The summed E-state index contributed by atoms with van der Waals surface area (Å²) in [5.74, 6) is 1.36. The van der Waals surface area contributed by atoms with E-state index in [1.54, 1.807) is 24.4 Å². The van der Waals surface area contributed by atoms with Crippen LogP contribution in [-0.2, 0) is 34.9 Å². The lowest BCUT2D eigenvalue weighted by Gasteiger charge is -2.20. The van der Waals surface area contributed by atoms with Gasteiger partial charge in [0.15, 0.2) is 0 Å². The highest BCUT2D eigenvalue weighted by molar-refractivity contribution is 7.92. The Morgan fingerprint density at radius 2 is 1.79 bits per heavy atom. The van der Waals surface area contributed by atoms with Gasteiger partial charge in [-0.3, -0.25) is 4.98 Å². The molecule has 8 nitrogen and oxygen atoms in total. The lowest BCUT2D eigenvalue weighted by molar-refractivity contribution is 0.245. The summed E-state index contributed by atoms with van der Waals surface area (Å²) < 4.78 is 31.2. The average Bonchev–Trinajstić information content (AvgIpc) is 3.51.